The van der Waals surface area contributed by atoms with E-state index in [1.807, 2.05) is 7.05 Å². The highest BCUT2D eigenvalue weighted by molar-refractivity contribution is 5.26. The molecule has 0 atom stereocenters. The van der Waals surface area contributed by atoms with E-state index in [9.17, 15) is 4.39 Å². The highest BCUT2D eigenvalue weighted by Crippen LogP contribution is 2.25. The predicted octanol–water partition coefficient (Wildman–Crippen LogP) is 1.41. The molecule has 1 aromatic heterocycles. The fraction of sp³-hybridized carbons (Fsp3) is 0.615. The van der Waals surface area contributed by atoms with Gasteiger partial charge in [0.1, 0.15) is 12.4 Å². The summed E-state index contributed by atoms with van der Waals surface area (Å²) < 4.78 is 18.7. The molecule has 0 amide bonds. The molecule has 1 aromatic rings. The van der Waals surface area contributed by atoms with Crippen molar-refractivity contribution in [3.05, 3.63) is 23.6 Å². The Labute approximate surface area is 107 Å². The van der Waals surface area contributed by atoms with Crippen molar-refractivity contribution in [3.8, 4) is 5.88 Å². The van der Waals surface area contributed by atoms with E-state index in [4.69, 9.17) is 4.74 Å². The normalized spacial score (nSPS) is 15.1. The third kappa shape index (κ3) is 3.65. The average molecular weight is 253 g/mol. The summed E-state index contributed by atoms with van der Waals surface area (Å²) in [4.78, 5) is 6.29. The van der Waals surface area contributed by atoms with Crippen LogP contribution >= 0.6 is 0 Å². The lowest BCUT2D eigenvalue weighted by atomic mass is 10.2. The highest BCUT2D eigenvalue weighted by atomic mass is 19.1. The van der Waals surface area contributed by atoms with E-state index in [1.54, 1.807) is 0 Å². The Morgan fingerprint density at radius 1 is 1.56 bits per heavy atom. The summed E-state index contributed by atoms with van der Waals surface area (Å²) in [5.41, 5.74) is 0.756. The van der Waals surface area contributed by atoms with Crippen LogP contribution in [0.1, 0.15) is 18.4 Å². The van der Waals surface area contributed by atoms with Crippen molar-refractivity contribution < 1.29 is 9.13 Å². The van der Waals surface area contributed by atoms with Crippen LogP contribution in [0.2, 0.25) is 0 Å². The van der Waals surface area contributed by atoms with Crippen LogP contribution in [0.25, 0.3) is 0 Å². The Morgan fingerprint density at radius 3 is 3.00 bits per heavy atom. The summed E-state index contributed by atoms with van der Waals surface area (Å²) in [7, 11) is 3.92. The molecule has 0 unspecified atom stereocenters. The molecule has 0 aromatic carbocycles. The Kier molecular flexibility index (Phi) is 4.49. The number of halogens is 1. The number of nitrogens with one attached hydrogen (secondary N) is 1. The van der Waals surface area contributed by atoms with Gasteiger partial charge in [0.2, 0.25) is 5.88 Å². The maximum Gasteiger partial charge on any atom is 0.218 e. The first-order valence-corrected chi connectivity index (χ1v) is 6.32. The van der Waals surface area contributed by atoms with Gasteiger partial charge in [-0.05, 0) is 33.0 Å². The molecule has 0 saturated heterocycles. The van der Waals surface area contributed by atoms with Crippen molar-refractivity contribution in [2.45, 2.75) is 25.4 Å². The maximum absolute atomic E-state index is 13.1. The molecule has 100 valence electrons. The third-order valence-corrected chi connectivity index (χ3v) is 3.11. The minimum absolute atomic E-state index is 0.331. The first-order valence-electron chi connectivity index (χ1n) is 6.32. The average Bonchev–Trinajstić information content (AvgIpc) is 3.16. The minimum Gasteiger partial charge on any atom is -0.476 e. The van der Waals surface area contributed by atoms with Gasteiger partial charge in [0, 0.05) is 24.7 Å². The molecule has 1 N–H and O–H groups in total. The van der Waals surface area contributed by atoms with Crippen molar-refractivity contribution in [3.63, 3.8) is 0 Å². The Morgan fingerprint density at radius 2 is 2.33 bits per heavy atom. The van der Waals surface area contributed by atoms with E-state index < -0.39 is 0 Å². The summed E-state index contributed by atoms with van der Waals surface area (Å²) in [5, 5.41) is 2.98. The number of rotatable bonds is 7. The monoisotopic (exact) mass is 253 g/mol. The largest absolute Gasteiger partial charge is 0.476 e. The Bertz CT molecular complexity index is 396. The highest BCUT2D eigenvalue weighted by Gasteiger charge is 2.25. The third-order valence-electron chi connectivity index (χ3n) is 3.11. The molecular weight excluding hydrogens is 233 g/mol. The number of ether oxygens (including phenoxy) is 1. The van der Waals surface area contributed by atoms with Crippen LogP contribution in [0, 0.1) is 5.82 Å². The van der Waals surface area contributed by atoms with E-state index in [-0.39, 0.29) is 5.82 Å². The maximum atomic E-state index is 13.1. The summed E-state index contributed by atoms with van der Waals surface area (Å²) in [6.45, 7) is 2.02. The molecule has 1 aliphatic carbocycles. The molecule has 0 aliphatic heterocycles. The van der Waals surface area contributed by atoms with Crippen LogP contribution in [0.4, 0.5) is 4.39 Å². The number of aromatic nitrogens is 1. The zero-order valence-electron chi connectivity index (χ0n) is 10.9. The number of hydrogen-bond donors (Lipinski definition) is 1. The number of hydrogen-bond acceptors (Lipinski definition) is 4. The molecule has 1 saturated carbocycles. The Balaban J connectivity index is 1.86. The van der Waals surface area contributed by atoms with E-state index >= 15 is 0 Å². The number of pyridine rings is 1. The molecule has 1 aliphatic rings. The van der Waals surface area contributed by atoms with Gasteiger partial charge in [0.05, 0.1) is 6.20 Å². The van der Waals surface area contributed by atoms with E-state index in [0.29, 0.717) is 19.0 Å². The van der Waals surface area contributed by atoms with Gasteiger partial charge in [0.25, 0.3) is 0 Å². The molecule has 0 radical (unpaired) electrons. The molecule has 1 heterocycles. The second-order valence-corrected chi connectivity index (χ2v) is 4.71. The van der Waals surface area contributed by atoms with E-state index in [0.717, 1.165) is 18.2 Å². The lowest BCUT2D eigenvalue weighted by Gasteiger charge is -2.16. The smallest absolute Gasteiger partial charge is 0.218 e. The van der Waals surface area contributed by atoms with Gasteiger partial charge in [-0.1, -0.05) is 0 Å². The van der Waals surface area contributed by atoms with Crippen LogP contribution in [-0.4, -0.2) is 43.2 Å². The van der Waals surface area contributed by atoms with Gasteiger partial charge in [-0.3, -0.25) is 0 Å². The second-order valence-electron chi connectivity index (χ2n) is 4.71. The summed E-state index contributed by atoms with van der Waals surface area (Å²) in [5.74, 6) is 0.192. The molecule has 4 nitrogen and oxygen atoms in total. The summed E-state index contributed by atoms with van der Waals surface area (Å²) in [6, 6.07) is 2.19. The molecule has 2 rings (SSSR count). The molecule has 18 heavy (non-hydrogen) atoms. The van der Waals surface area contributed by atoms with Gasteiger partial charge < -0.3 is 15.0 Å². The van der Waals surface area contributed by atoms with Crippen LogP contribution in [0.3, 0.4) is 0 Å². The van der Waals surface area contributed by atoms with Gasteiger partial charge in [-0.15, -0.1) is 0 Å². The topological polar surface area (TPSA) is 37.4 Å². The SMILES string of the molecule is CNCc1cc(F)cnc1OCCN(C)C1CC1. The lowest BCUT2D eigenvalue weighted by molar-refractivity contribution is 0.224. The van der Waals surface area contributed by atoms with Gasteiger partial charge in [-0.2, -0.15) is 0 Å². The summed E-state index contributed by atoms with van der Waals surface area (Å²) in [6.07, 6.45) is 3.77. The van der Waals surface area contributed by atoms with Crippen molar-refractivity contribution in [2.24, 2.45) is 0 Å². The Hall–Kier alpha value is -1.20. The van der Waals surface area contributed by atoms with Crippen molar-refractivity contribution in [1.29, 1.82) is 0 Å². The zero-order chi connectivity index (χ0) is 13.0. The number of likely N-dealkylation sites (N-methyl/N-ethyl adjacent to an activating group) is 1. The molecule has 0 spiro atoms. The van der Waals surface area contributed by atoms with Crippen molar-refractivity contribution >= 4 is 0 Å². The first-order chi connectivity index (χ1) is 8.70. The quantitative estimate of drug-likeness (QED) is 0.797. The second kappa shape index (κ2) is 6.11. The number of nitrogens with zero attached hydrogens (tertiary/aromatic N) is 2. The molecular formula is C13H20FN3O. The first kappa shape index (κ1) is 13.2. The van der Waals surface area contributed by atoms with E-state index in [2.05, 4.69) is 22.2 Å². The lowest BCUT2D eigenvalue weighted by Crippen LogP contribution is -2.26. The van der Waals surface area contributed by atoms with Crippen molar-refractivity contribution in [2.75, 3.05) is 27.2 Å². The van der Waals surface area contributed by atoms with Crippen LogP contribution in [0.15, 0.2) is 12.3 Å². The van der Waals surface area contributed by atoms with Crippen molar-refractivity contribution in [1.82, 2.24) is 15.2 Å². The summed E-state index contributed by atoms with van der Waals surface area (Å²) >= 11 is 0. The van der Waals surface area contributed by atoms with E-state index in [1.165, 1.54) is 25.1 Å². The fourth-order valence-corrected chi connectivity index (χ4v) is 1.90. The zero-order valence-corrected chi connectivity index (χ0v) is 10.9. The minimum atomic E-state index is -0.331. The molecule has 5 heteroatoms. The predicted molar refractivity (Wildman–Crippen MR) is 68.1 cm³/mol. The van der Waals surface area contributed by atoms with Gasteiger partial charge in [0.15, 0.2) is 0 Å². The van der Waals surface area contributed by atoms with Crippen LogP contribution in [0.5, 0.6) is 5.88 Å². The van der Waals surface area contributed by atoms with Gasteiger partial charge >= 0.3 is 0 Å². The van der Waals surface area contributed by atoms with Crippen LogP contribution in [-0.2, 0) is 6.54 Å². The molecule has 0 bridgehead atoms. The molecule has 1 fully saturated rings. The standard InChI is InChI=1S/C13H20FN3O/c1-15-8-10-7-11(14)9-16-13(10)18-6-5-17(2)12-3-4-12/h7,9,12,15H,3-6,8H2,1-2H3. The van der Waals surface area contributed by atoms with Gasteiger partial charge in [-0.25, -0.2) is 9.37 Å². The van der Waals surface area contributed by atoms with Crippen LogP contribution < -0.4 is 10.1 Å². The fourth-order valence-electron chi connectivity index (χ4n) is 1.90.